The average Bonchev–Trinajstić information content (AvgIpc) is 3.40. The van der Waals surface area contributed by atoms with Crippen molar-refractivity contribution in [3.05, 3.63) is 36.0 Å². The zero-order valence-electron chi connectivity index (χ0n) is 20.9. The molecule has 9 nitrogen and oxygen atoms in total. The normalized spacial score (nSPS) is 20.9. The Balaban J connectivity index is 1.32. The fourth-order valence-corrected chi connectivity index (χ4v) is 5.27. The van der Waals surface area contributed by atoms with Crippen LogP contribution in [0.3, 0.4) is 0 Å². The minimum Gasteiger partial charge on any atom is -0.479 e. The first-order chi connectivity index (χ1) is 18.3. The number of nitrogens with zero attached hydrogens (tertiary/aromatic N) is 6. The third kappa shape index (κ3) is 4.33. The number of alkyl halides is 3. The number of ether oxygens (including phenoxy) is 2. The second kappa shape index (κ2) is 9.70. The molecule has 6 rings (SSSR count). The summed E-state index contributed by atoms with van der Waals surface area (Å²) in [5.41, 5.74) is 1.75. The quantitative estimate of drug-likeness (QED) is 0.363. The highest BCUT2D eigenvalue weighted by Gasteiger charge is 2.35. The van der Waals surface area contributed by atoms with Crippen LogP contribution in [0.25, 0.3) is 27.7 Å². The molecule has 0 saturated carbocycles. The summed E-state index contributed by atoms with van der Waals surface area (Å²) in [5, 5.41) is 7.59. The molecule has 0 bridgehead atoms. The van der Waals surface area contributed by atoms with Crippen LogP contribution < -0.4 is 10.1 Å². The van der Waals surface area contributed by atoms with E-state index in [2.05, 4.69) is 25.3 Å². The van der Waals surface area contributed by atoms with Crippen LogP contribution in [0.2, 0.25) is 0 Å². The molecular formula is C25H27F4N7O2. The number of fused-ring (bicyclic) bond motifs is 2. The van der Waals surface area contributed by atoms with Gasteiger partial charge in [0.2, 0.25) is 11.8 Å². The van der Waals surface area contributed by atoms with E-state index in [0.29, 0.717) is 48.6 Å². The molecule has 4 aromatic rings. The topological polar surface area (TPSA) is 81.7 Å². The maximum Gasteiger partial charge on any atom is 0.256 e. The van der Waals surface area contributed by atoms with Crippen molar-refractivity contribution in [2.45, 2.75) is 44.6 Å². The first kappa shape index (κ1) is 24.9. The predicted molar refractivity (Wildman–Crippen MR) is 132 cm³/mol. The van der Waals surface area contributed by atoms with Gasteiger partial charge in [-0.15, -0.1) is 5.10 Å². The Kier molecular flexibility index (Phi) is 6.34. The Hall–Kier alpha value is -3.45. The van der Waals surface area contributed by atoms with Crippen LogP contribution in [-0.2, 0) is 11.3 Å². The lowest BCUT2D eigenvalue weighted by Crippen LogP contribution is -2.57. The number of aryl methyl sites for hydroxylation is 1. The van der Waals surface area contributed by atoms with Gasteiger partial charge in [-0.25, -0.2) is 27.1 Å². The Bertz CT molecular complexity index is 1490. The maximum absolute atomic E-state index is 15.0. The van der Waals surface area contributed by atoms with E-state index in [1.807, 2.05) is 0 Å². The van der Waals surface area contributed by atoms with Crippen LogP contribution in [0.5, 0.6) is 5.88 Å². The summed E-state index contributed by atoms with van der Waals surface area (Å²) in [6, 6.07) is 4.46. The second-order valence-electron chi connectivity index (χ2n) is 9.70. The molecule has 202 valence electrons. The standard InChI is InChI=1S/C25H27F4N7O2/c1-13-30-22-17(26)7-14(8-20(22)35(13)10-21(28)29)16-3-6-36-23(16)24(37-2)32-25(33-36)31-19-4-5-34(9-18(19)27)15-11-38-12-15/h3,6-8,15,18-19,21H,4-5,9-12H2,1-2H3,(H,31,33)/t18-,19+/m1/s1. The number of imidazole rings is 1. The van der Waals surface area contributed by atoms with Crippen molar-refractivity contribution >= 4 is 22.5 Å². The first-order valence-electron chi connectivity index (χ1n) is 12.4. The number of halogens is 4. The van der Waals surface area contributed by atoms with E-state index in [1.54, 1.807) is 25.3 Å². The molecule has 0 spiro atoms. The SMILES string of the molecule is COc1nc(N[C@H]2CCN(C3COC3)C[C@H]2F)nn2ccc(-c3cc(F)c4nc(C)n(CC(F)F)c4c3)c12. The Morgan fingerprint density at radius 1 is 1.24 bits per heavy atom. The molecule has 3 aromatic heterocycles. The molecule has 5 heterocycles. The van der Waals surface area contributed by atoms with Gasteiger partial charge in [-0.1, -0.05) is 0 Å². The summed E-state index contributed by atoms with van der Waals surface area (Å²) in [6.45, 7) is 3.31. The maximum atomic E-state index is 15.0. The molecule has 0 amide bonds. The summed E-state index contributed by atoms with van der Waals surface area (Å²) in [7, 11) is 1.45. The minimum atomic E-state index is -2.61. The van der Waals surface area contributed by atoms with E-state index in [0.717, 1.165) is 6.54 Å². The number of hydrogen-bond acceptors (Lipinski definition) is 7. The number of methoxy groups -OCH3 is 1. The zero-order valence-corrected chi connectivity index (χ0v) is 20.9. The molecule has 2 aliphatic rings. The molecule has 0 aliphatic carbocycles. The van der Waals surface area contributed by atoms with Crippen LogP contribution in [0.15, 0.2) is 24.4 Å². The Labute approximate surface area is 215 Å². The van der Waals surface area contributed by atoms with Gasteiger partial charge in [0.1, 0.15) is 23.0 Å². The smallest absolute Gasteiger partial charge is 0.256 e. The molecule has 2 aliphatic heterocycles. The van der Waals surface area contributed by atoms with Gasteiger partial charge >= 0.3 is 0 Å². The number of hydrogen-bond donors (Lipinski definition) is 1. The summed E-state index contributed by atoms with van der Waals surface area (Å²) in [6.07, 6.45) is -1.47. The van der Waals surface area contributed by atoms with E-state index < -0.39 is 31.0 Å². The van der Waals surface area contributed by atoms with Crippen molar-refractivity contribution in [3.8, 4) is 17.0 Å². The highest BCUT2D eigenvalue weighted by molar-refractivity contribution is 5.90. The van der Waals surface area contributed by atoms with Crippen LogP contribution in [0, 0.1) is 12.7 Å². The number of anilines is 1. The molecule has 2 saturated heterocycles. The zero-order chi connectivity index (χ0) is 26.6. The van der Waals surface area contributed by atoms with Crippen molar-refractivity contribution < 1.29 is 27.0 Å². The van der Waals surface area contributed by atoms with Crippen LogP contribution in [-0.4, -0.2) is 87.1 Å². The molecule has 1 aromatic carbocycles. The van der Waals surface area contributed by atoms with Gasteiger partial charge in [-0.3, -0.25) is 4.90 Å². The van der Waals surface area contributed by atoms with Gasteiger partial charge in [0.25, 0.3) is 6.43 Å². The van der Waals surface area contributed by atoms with Crippen LogP contribution in [0.1, 0.15) is 12.2 Å². The van der Waals surface area contributed by atoms with Gasteiger partial charge in [0.15, 0.2) is 5.82 Å². The number of rotatable bonds is 7. The predicted octanol–water partition coefficient (Wildman–Crippen LogP) is 3.69. The number of benzene rings is 1. The van der Waals surface area contributed by atoms with Gasteiger partial charge in [0.05, 0.1) is 44.5 Å². The molecule has 38 heavy (non-hydrogen) atoms. The molecule has 13 heteroatoms. The summed E-state index contributed by atoms with van der Waals surface area (Å²) >= 11 is 0. The molecule has 2 fully saturated rings. The van der Waals surface area contributed by atoms with Crippen LogP contribution >= 0.6 is 0 Å². The molecular weight excluding hydrogens is 506 g/mol. The molecule has 0 unspecified atom stereocenters. The molecule has 2 atom stereocenters. The van der Waals surface area contributed by atoms with Crippen molar-refractivity contribution in [2.75, 3.05) is 38.7 Å². The van der Waals surface area contributed by atoms with Crippen molar-refractivity contribution in [3.63, 3.8) is 0 Å². The van der Waals surface area contributed by atoms with E-state index in [9.17, 15) is 13.2 Å². The van der Waals surface area contributed by atoms with Crippen LogP contribution in [0.4, 0.5) is 23.5 Å². The highest BCUT2D eigenvalue weighted by atomic mass is 19.3. The van der Waals surface area contributed by atoms with E-state index in [4.69, 9.17) is 9.47 Å². The third-order valence-electron chi connectivity index (χ3n) is 7.33. The van der Waals surface area contributed by atoms with E-state index >= 15 is 4.39 Å². The Morgan fingerprint density at radius 3 is 2.74 bits per heavy atom. The number of likely N-dealkylation sites (tertiary alicyclic amines) is 1. The summed E-state index contributed by atoms with van der Waals surface area (Å²) < 4.78 is 69.9. The average molecular weight is 534 g/mol. The third-order valence-corrected chi connectivity index (χ3v) is 7.33. The molecule has 0 radical (unpaired) electrons. The lowest BCUT2D eigenvalue weighted by atomic mass is 10.0. The first-order valence-corrected chi connectivity index (χ1v) is 12.4. The van der Waals surface area contributed by atoms with Gasteiger partial charge < -0.3 is 19.4 Å². The lowest BCUT2D eigenvalue weighted by Gasteiger charge is -2.42. The molecule has 1 N–H and O–H groups in total. The van der Waals surface area contributed by atoms with Crippen molar-refractivity contribution in [1.82, 2.24) is 29.0 Å². The largest absolute Gasteiger partial charge is 0.479 e. The van der Waals surface area contributed by atoms with Gasteiger partial charge in [-0.2, -0.15) is 4.98 Å². The lowest BCUT2D eigenvalue weighted by molar-refractivity contribution is -0.0794. The minimum absolute atomic E-state index is 0.0294. The fourth-order valence-electron chi connectivity index (χ4n) is 5.27. The Morgan fingerprint density at radius 2 is 2.05 bits per heavy atom. The summed E-state index contributed by atoms with van der Waals surface area (Å²) in [4.78, 5) is 10.7. The van der Waals surface area contributed by atoms with E-state index in [-0.39, 0.29) is 28.9 Å². The number of piperidine rings is 1. The fraction of sp³-hybridized carbons (Fsp3) is 0.480. The number of nitrogens with one attached hydrogen (secondary N) is 1. The highest BCUT2D eigenvalue weighted by Crippen LogP contribution is 2.35. The van der Waals surface area contributed by atoms with Crippen molar-refractivity contribution in [2.24, 2.45) is 0 Å². The summed E-state index contributed by atoms with van der Waals surface area (Å²) in [5.74, 6) is 0.0873. The monoisotopic (exact) mass is 533 g/mol. The second-order valence-corrected chi connectivity index (χ2v) is 9.70. The number of aromatic nitrogens is 5. The van der Waals surface area contributed by atoms with Gasteiger partial charge in [-0.05, 0) is 37.1 Å². The van der Waals surface area contributed by atoms with Gasteiger partial charge in [0, 0.05) is 24.8 Å². The van der Waals surface area contributed by atoms with E-state index in [1.165, 1.54) is 22.3 Å². The van der Waals surface area contributed by atoms with Crippen molar-refractivity contribution in [1.29, 1.82) is 0 Å².